The van der Waals surface area contributed by atoms with E-state index in [-0.39, 0.29) is 5.91 Å². The molecule has 0 saturated heterocycles. The third kappa shape index (κ3) is 4.95. The van der Waals surface area contributed by atoms with Crippen LogP contribution in [0.1, 0.15) is 32.0 Å². The smallest absolute Gasteiger partial charge is 0.236 e. The second-order valence-corrected chi connectivity index (χ2v) is 4.51. The molecule has 1 aromatic rings. The molecule has 1 heterocycles. The Hall–Kier alpha value is -1.43. The number of hydrogen-bond acceptors (Lipinski definition) is 5. The third-order valence-corrected chi connectivity index (χ3v) is 2.28. The number of nitrogens with zero attached hydrogens (tertiary/aromatic N) is 2. The van der Waals surface area contributed by atoms with Gasteiger partial charge in [-0.15, -0.1) is 0 Å². The number of rotatable bonds is 6. The van der Waals surface area contributed by atoms with E-state index in [0.717, 1.165) is 0 Å². The Balaban J connectivity index is 2.24. The monoisotopic (exact) mass is 240 g/mol. The van der Waals surface area contributed by atoms with Crippen molar-refractivity contribution in [2.45, 2.75) is 39.7 Å². The van der Waals surface area contributed by atoms with Gasteiger partial charge in [0.25, 0.3) is 0 Å². The molecule has 1 aromatic heterocycles. The van der Waals surface area contributed by atoms with Crippen molar-refractivity contribution in [3.8, 4) is 0 Å². The molecule has 96 valence electrons. The highest BCUT2D eigenvalue weighted by molar-refractivity contribution is 5.81. The fourth-order valence-corrected chi connectivity index (χ4v) is 1.49. The topological polar surface area (TPSA) is 94.0 Å². The highest BCUT2D eigenvalue weighted by atomic mass is 16.5. The van der Waals surface area contributed by atoms with Crippen molar-refractivity contribution in [1.29, 1.82) is 0 Å². The maximum absolute atomic E-state index is 11.6. The van der Waals surface area contributed by atoms with Gasteiger partial charge in [-0.2, -0.15) is 4.98 Å². The van der Waals surface area contributed by atoms with Gasteiger partial charge in [0.15, 0.2) is 5.82 Å². The van der Waals surface area contributed by atoms with E-state index in [9.17, 15) is 4.79 Å². The Kier molecular flexibility index (Phi) is 5.09. The summed E-state index contributed by atoms with van der Waals surface area (Å²) in [6, 6.07) is -0.443. The SMILES string of the molecule is Cc1nc(CCNC(=O)C(N)CC(C)C)no1. The van der Waals surface area contributed by atoms with Crippen LogP contribution in [0, 0.1) is 12.8 Å². The summed E-state index contributed by atoms with van der Waals surface area (Å²) in [7, 11) is 0. The molecule has 17 heavy (non-hydrogen) atoms. The molecule has 0 spiro atoms. The Bertz CT molecular complexity index is 362. The Morgan fingerprint density at radius 1 is 1.53 bits per heavy atom. The Morgan fingerprint density at radius 2 is 2.24 bits per heavy atom. The first-order valence-electron chi connectivity index (χ1n) is 5.81. The quantitative estimate of drug-likeness (QED) is 0.751. The number of nitrogens with one attached hydrogen (secondary N) is 1. The Labute approximate surface area is 101 Å². The molecular formula is C11H20N4O2. The van der Waals surface area contributed by atoms with Crippen molar-refractivity contribution in [2.24, 2.45) is 11.7 Å². The first kappa shape index (κ1) is 13.6. The molecule has 3 N–H and O–H groups in total. The molecule has 0 aliphatic heterocycles. The zero-order chi connectivity index (χ0) is 12.8. The van der Waals surface area contributed by atoms with Gasteiger partial charge in [-0.25, -0.2) is 0 Å². The second kappa shape index (κ2) is 6.34. The maximum Gasteiger partial charge on any atom is 0.236 e. The zero-order valence-corrected chi connectivity index (χ0v) is 10.6. The first-order valence-corrected chi connectivity index (χ1v) is 5.81. The molecule has 0 aliphatic rings. The van der Waals surface area contributed by atoms with E-state index in [1.165, 1.54) is 0 Å². The molecule has 1 atom stereocenters. The summed E-state index contributed by atoms with van der Waals surface area (Å²) in [5.41, 5.74) is 5.74. The minimum atomic E-state index is -0.443. The largest absolute Gasteiger partial charge is 0.354 e. The first-order chi connectivity index (χ1) is 7.99. The number of hydrogen-bond donors (Lipinski definition) is 2. The van der Waals surface area contributed by atoms with Crippen LogP contribution in [0.5, 0.6) is 0 Å². The van der Waals surface area contributed by atoms with E-state index in [4.69, 9.17) is 10.3 Å². The van der Waals surface area contributed by atoms with Gasteiger partial charge in [-0.1, -0.05) is 19.0 Å². The molecule has 1 unspecified atom stereocenters. The average molecular weight is 240 g/mol. The van der Waals surface area contributed by atoms with Crippen LogP contribution in [0.4, 0.5) is 0 Å². The van der Waals surface area contributed by atoms with Gasteiger partial charge in [0, 0.05) is 19.9 Å². The standard InChI is InChI=1S/C11H20N4O2/c1-7(2)6-9(12)11(16)13-5-4-10-14-8(3)17-15-10/h7,9H,4-6,12H2,1-3H3,(H,13,16). The van der Waals surface area contributed by atoms with E-state index in [0.29, 0.717) is 37.0 Å². The molecular weight excluding hydrogens is 220 g/mol. The molecule has 6 heteroatoms. The molecule has 1 rings (SSSR count). The van der Waals surface area contributed by atoms with Crippen molar-refractivity contribution in [1.82, 2.24) is 15.5 Å². The highest BCUT2D eigenvalue weighted by Gasteiger charge is 2.14. The average Bonchev–Trinajstić information content (AvgIpc) is 2.63. The lowest BCUT2D eigenvalue weighted by Crippen LogP contribution is -2.42. The van der Waals surface area contributed by atoms with Gasteiger partial charge in [0.2, 0.25) is 11.8 Å². The normalized spacial score (nSPS) is 12.8. The predicted molar refractivity (Wildman–Crippen MR) is 63.2 cm³/mol. The van der Waals surface area contributed by atoms with Crippen molar-refractivity contribution in [3.63, 3.8) is 0 Å². The fourth-order valence-electron chi connectivity index (χ4n) is 1.49. The van der Waals surface area contributed by atoms with Gasteiger partial charge in [0.05, 0.1) is 6.04 Å². The molecule has 0 saturated carbocycles. The molecule has 6 nitrogen and oxygen atoms in total. The highest BCUT2D eigenvalue weighted by Crippen LogP contribution is 2.02. The lowest BCUT2D eigenvalue weighted by Gasteiger charge is -2.13. The second-order valence-electron chi connectivity index (χ2n) is 4.51. The lowest BCUT2D eigenvalue weighted by atomic mass is 10.0. The van der Waals surface area contributed by atoms with Crippen LogP contribution in [-0.4, -0.2) is 28.6 Å². The van der Waals surface area contributed by atoms with Gasteiger partial charge in [0.1, 0.15) is 0 Å². The minimum Gasteiger partial charge on any atom is -0.354 e. The molecule has 0 aliphatic carbocycles. The molecule has 0 aromatic carbocycles. The molecule has 1 amide bonds. The van der Waals surface area contributed by atoms with Crippen LogP contribution in [-0.2, 0) is 11.2 Å². The summed E-state index contributed by atoms with van der Waals surface area (Å²) in [4.78, 5) is 15.6. The molecule has 0 bridgehead atoms. The van der Waals surface area contributed by atoms with Gasteiger partial charge in [-0.3, -0.25) is 4.79 Å². The summed E-state index contributed by atoms with van der Waals surface area (Å²) in [5, 5.41) is 6.50. The summed E-state index contributed by atoms with van der Waals surface area (Å²) >= 11 is 0. The minimum absolute atomic E-state index is 0.126. The number of carbonyl (C=O) groups excluding carboxylic acids is 1. The number of amides is 1. The number of aryl methyl sites for hydroxylation is 1. The summed E-state index contributed by atoms with van der Waals surface area (Å²) in [5.74, 6) is 1.41. The summed E-state index contributed by atoms with van der Waals surface area (Å²) in [6.07, 6.45) is 1.24. The molecule has 0 fully saturated rings. The zero-order valence-electron chi connectivity index (χ0n) is 10.6. The van der Waals surface area contributed by atoms with E-state index < -0.39 is 6.04 Å². The fraction of sp³-hybridized carbons (Fsp3) is 0.727. The van der Waals surface area contributed by atoms with Crippen LogP contribution in [0.2, 0.25) is 0 Å². The number of aromatic nitrogens is 2. The Morgan fingerprint density at radius 3 is 2.76 bits per heavy atom. The van der Waals surface area contributed by atoms with Crippen LogP contribution < -0.4 is 11.1 Å². The van der Waals surface area contributed by atoms with Crippen LogP contribution in [0.25, 0.3) is 0 Å². The van der Waals surface area contributed by atoms with E-state index >= 15 is 0 Å². The van der Waals surface area contributed by atoms with Crippen molar-refractivity contribution >= 4 is 5.91 Å². The van der Waals surface area contributed by atoms with Crippen LogP contribution in [0.15, 0.2) is 4.52 Å². The van der Waals surface area contributed by atoms with Gasteiger partial charge >= 0.3 is 0 Å². The van der Waals surface area contributed by atoms with Crippen LogP contribution >= 0.6 is 0 Å². The number of nitrogens with two attached hydrogens (primary N) is 1. The predicted octanol–water partition coefficient (Wildman–Crippen LogP) is 0.410. The van der Waals surface area contributed by atoms with E-state index in [2.05, 4.69) is 15.5 Å². The van der Waals surface area contributed by atoms with Gasteiger partial charge in [-0.05, 0) is 12.3 Å². The van der Waals surface area contributed by atoms with Gasteiger partial charge < -0.3 is 15.6 Å². The summed E-state index contributed by atoms with van der Waals surface area (Å²) < 4.78 is 4.82. The van der Waals surface area contributed by atoms with Crippen LogP contribution in [0.3, 0.4) is 0 Å². The van der Waals surface area contributed by atoms with Crippen molar-refractivity contribution in [3.05, 3.63) is 11.7 Å². The molecule has 0 radical (unpaired) electrons. The van der Waals surface area contributed by atoms with Crippen molar-refractivity contribution in [2.75, 3.05) is 6.54 Å². The third-order valence-electron chi connectivity index (χ3n) is 2.28. The van der Waals surface area contributed by atoms with Crippen molar-refractivity contribution < 1.29 is 9.32 Å². The maximum atomic E-state index is 11.6. The number of carbonyl (C=O) groups is 1. The van der Waals surface area contributed by atoms with E-state index in [1.54, 1.807) is 6.92 Å². The lowest BCUT2D eigenvalue weighted by molar-refractivity contribution is -0.122. The summed E-state index contributed by atoms with van der Waals surface area (Å²) in [6.45, 7) is 6.28. The van der Waals surface area contributed by atoms with E-state index in [1.807, 2.05) is 13.8 Å².